The number of nitrogens with zero attached hydrogens (tertiary/aromatic N) is 3. The monoisotopic (exact) mass is 374 g/mol. The van der Waals surface area contributed by atoms with Crippen molar-refractivity contribution in [1.29, 1.82) is 0 Å². The number of anilines is 1. The van der Waals surface area contributed by atoms with Gasteiger partial charge in [0.05, 0.1) is 24.7 Å². The number of amides is 1. The van der Waals surface area contributed by atoms with Gasteiger partial charge in [-0.2, -0.15) is 0 Å². The zero-order chi connectivity index (χ0) is 18.9. The maximum absolute atomic E-state index is 13.1. The van der Waals surface area contributed by atoms with Gasteiger partial charge in [0, 0.05) is 24.8 Å². The zero-order valence-electron chi connectivity index (χ0n) is 15.5. The van der Waals surface area contributed by atoms with Gasteiger partial charge in [0.25, 0.3) is 0 Å². The highest BCUT2D eigenvalue weighted by molar-refractivity contribution is 5.88. The second-order valence-electron chi connectivity index (χ2n) is 7.25. The van der Waals surface area contributed by atoms with E-state index in [0.717, 1.165) is 22.5 Å². The van der Waals surface area contributed by atoms with Crippen molar-refractivity contribution < 1.29 is 9.53 Å². The van der Waals surface area contributed by atoms with Crippen molar-refractivity contribution in [2.75, 3.05) is 18.4 Å². The molecule has 0 bridgehead atoms. The molecule has 3 aromatic rings. The van der Waals surface area contributed by atoms with E-state index in [1.165, 1.54) is 0 Å². The van der Waals surface area contributed by atoms with Crippen LogP contribution in [0, 0.1) is 0 Å². The van der Waals surface area contributed by atoms with Gasteiger partial charge in [-0.05, 0) is 17.2 Å². The summed E-state index contributed by atoms with van der Waals surface area (Å²) in [7, 11) is 0. The Labute approximate surface area is 163 Å². The van der Waals surface area contributed by atoms with Gasteiger partial charge in [0.1, 0.15) is 6.61 Å². The SMILES string of the molecule is O=C(C1CNc2ccccc21)N1CCn2nc(OCc3ccccc3)cc2C1. The van der Waals surface area contributed by atoms with Crippen molar-refractivity contribution >= 4 is 11.6 Å². The van der Waals surface area contributed by atoms with Crippen LogP contribution in [0.25, 0.3) is 0 Å². The first kappa shape index (κ1) is 16.9. The van der Waals surface area contributed by atoms with Crippen molar-refractivity contribution in [1.82, 2.24) is 14.7 Å². The van der Waals surface area contributed by atoms with Crippen LogP contribution in [-0.4, -0.2) is 33.7 Å². The summed E-state index contributed by atoms with van der Waals surface area (Å²) >= 11 is 0. The van der Waals surface area contributed by atoms with E-state index in [-0.39, 0.29) is 11.8 Å². The Balaban J connectivity index is 1.27. The quantitative estimate of drug-likeness (QED) is 0.763. The van der Waals surface area contributed by atoms with Crippen LogP contribution in [-0.2, 0) is 24.5 Å². The van der Waals surface area contributed by atoms with E-state index in [0.29, 0.717) is 38.7 Å². The number of para-hydroxylation sites is 1. The molecule has 28 heavy (non-hydrogen) atoms. The lowest BCUT2D eigenvalue weighted by molar-refractivity contribution is -0.133. The molecule has 0 saturated carbocycles. The number of hydrogen-bond acceptors (Lipinski definition) is 4. The number of fused-ring (bicyclic) bond motifs is 2. The molecule has 1 atom stereocenters. The molecule has 3 heterocycles. The number of carbonyl (C=O) groups excluding carboxylic acids is 1. The summed E-state index contributed by atoms with van der Waals surface area (Å²) < 4.78 is 7.79. The van der Waals surface area contributed by atoms with Crippen LogP contribution < -0.4 is 10.1 Å². The molecule has 1 aromatic heterocycles. The summed E-state index contributed by atoms with van der Waals surface area (Å²) in [5, 5.41) is 7.88. The van der Waals surface area contributed by atoms with Crippen LogP contribution >= 0.6 is 0 Å². The van der Waals surface area contributed by atoms with E-state index >= 15 is 0 Å². The van der Waals surface area contributed by atoms with Gasteiger partial charge in [-0.1, -0.05) is 48.5 Å². The number of rotatable bonds is 4. The van der Waals surface area contributed by atoms with E-state index in [2.05, 4.69) is 10.4 Å². The molecular weight excluding hydrogens is 352 g/mol. The molecule has 0 saturated heterocycles. The molecule has 0 fully saturated rings. The molecular formula is C22H22N4O2. The van der Waals surface area contributed by atoms with Gasteiger partial charge in [-0.15, -0.1) is 5.10 Å². The Morgan fingerprint density at radius 1 is 1.11 bits per heavy atom. The van der Waals surface area contributed by atoms with Crippen molar-refractivity contribution in [3.05, 3.63) is 77.5 Å². The topological polar surface area (TPSA) is 59.4 Å². The molecule has 2 aliphatic heterocycles. The van der Waals surface area contributed by atoms with Crippen LogP contribution in [0.15, 0.2) is 60.7 Å². The highest BCUT2D eigenvalue weighted by atomic mass is 16.5. The number of nitrogens with one attached hydrogen (secondary N) is 1. The van der Waals surface area contributed by atoms with Crippen LogP contribution in [0.4, 0.5) is 5.69 Å². The smallest absolute Gasteiger partial charge is 0.233 e. The van der Waals surface area contributed by atoms with Crippen LogP contribution in [0.3, 0.4) is 0 Å². The van der Waals surface area contributed by atoms with Gasteiger partial charge in [-0.25, -0.2) is 0 Å². The number of ether oxygens (including phenoxy) is 1. The van der Waals surface area contributed by atoms with Crippen molar-refractivity contribution in [2.45, 2.75) is 25.6 Å². The fourth-order valence-corrected chi connectivity index (χ4v) is 3.95. The minimum atomic E-state index is -0.112. The molecule has 2 aromatic carbocycles. The van der Waals surface area contributed by atoms with Crippen molar-refractivity contribution in [3.63, 3.8) is 0 Å². The molecule has 6 nitrogen and oxygen atoms in total. The molecule has 0 aliphatic carbocycles. The van der Waals surface area contributed by atoms with E-state index in [9.17, 15) is 4.79 Å². The molecule has 2 aliphatic rings. The number of benzene rings is 2. The predicted molar refractivity (Wildman–Crippen MR) is 106 cm³/mol. The number of carbonyl (C=O) groups is 1. The first-order valence-corrected chi connectivity index (χ1v) is 9.63. The predicted octanol–water partition coefficient (Wildman–Crippen LogP) is 3.01. The zero-order valence-corrected chi connectivity index (χ0v) is 15.5. The summed E-state index contributed by atoms with van der Waals surface area (Å²) in [6.45, 7) is 3.09. The average Bonchev–Trinajstić information content (AvgIpc) is 3.35. The Morgan fingerprint density at radius 3 is 2.82 bits per heavy atom. The number of hydrogen-bond donors (Lipinski definition) is 1. The minimum Gasteiger partial charge on any atom is -0.472 e. The van der Waals surface area contributed by atoms with E-state index in [1.54, 1.807) is 0 Å². The van der Waals surface area contributed by atoms with Gasteiger partial charge in [0.15, 0.2) is 0 Å². The van der Waals surface area contributed by atoms with Gasteiger partial charge >= 0.3 is 0 Å². The summed E-state index contributed by atoms with van der Waals surface area (Å²) in [5.41, 5.74) is 4.29. The average molecular weight is 374 g/mol. The Hall–Kier alpha value is -3.28. The third-order valence-corrected chi connectivity index (χ3v) is 5.45. The summed E-state index contributed by atoms with van der Waals surface area (Å²) in [6, 6.07) is 20.1. The van der Waals surface area contributed by atoms with Crippen molar-refractivity contribution in [3.8, 4) is 5.88 Å². The Kier molecular flexibility index (Phi) is 4.24. The normalized spacial score (nSPS) is 17.6. The molecule has 1 N–H and O–H groups in total. The van der Waals surface area contributed by atoms with Crippen LogP contribution in [0.2, 0.25) is 0 Å². The largest absolute Gasteiger partial charge is 0.472 e. The molecule has 1 unspecified atom stereocenters. The molecule has 0 radical (unpaired) electrons. The van der Waals surface area contributed by atoms with Gasteiger partial charge < -0.3 is 15.0 Å². The maximum Gasteiger partial charge on any atom is 0.233 e. The van der Waals surface area contributed by atoms with Crippen LogP contribution in [0.5, 0.6) is 5.88 Å². The third-order valence-electron chi connectivity index (χ3n) is 5.45. The van der Waals surface area contributed by atoms with Gasteiger partial charge in [0.2, 0.25) is 11.8 Å². The highest BCUT2D eigenvalue weighted by Crippen LogP contribution is 2.33. The Morgan fingerprint density at radius 2 is 1.93 bits per heavy atom. The minimum absolute atomic E-state index is 0.112. The highest BCUT2D eigenvalue weighted by Gasteiger charge is 2.33. The third kappa shape index (κ3) is 3.11. The molecule has 0 spiro atoms. The second-order valence-corrected chi connectivity index (χ2v) is 7.25. The van der Waals surface area contributed by atoms with E-state index in [1.807, 2.05) is 70.2 Å². The summed E-state index contributed by atoms with van der Waals surface area (Å²) in [6.07, 6.45) is 0. The molecule has 5 rings (SSSR count). The fourth-order valence-electron chi connectivity index (χ4n) is 3.95. The lowest BCUT2D eigenvalue weighted by atomic mass is 9.99. The van der Waals surface area contributed by atoms with Gasteiger partial charge in [-0.3, -0.25) is 9.48 Å². The van der Waals surface area contributed by atoms with E-state index in [4.69, 9.17) is 4.74 Å². The first-order chi connectivity index (χ1) is 13.8. The second kappa shape index (κ2) is 7.03. The lowest BCUT2D eigenvalue weighted by Gasteiger charge is -2.29. The standard InChI is InChI=1S/C22H22N4O2/c27-22(19-13-23-20-9-5-4-8-18(19)20)25-10-11-26-17(14-25)12-21(24-26)28-15-16-6-2-1-3-7-16/h1-9,12,19,23H,10-11,13-15H2. The summed E-state index contributed by atoms with van der Waals surface area (Å²) in [4.78, 5) is 15.1. The van der Waals surface area contributed by atoms with Crippen molar-refractivity contribution in [2.24, 2.45) is 0 Å². The lowest BCUT2D eigenvalue weighted by Crippen LogP contribution is -2.41. The molecule has 6 heteroatoms. The van der Waals surface area contributed by atoms with E-state index < -0.39 is 0 Å². The van der Waals surface area contributed by atoms with Crippen LogP contribution in [0.1, 0.15) is 22.7 Å². The fraction of sp³-hybridized carbons (Fsp3) is 0.273. The first-order valence-electron chi connectivity index (χ1n) is 9.63. The maximum atomic E-state index is 13.1. The molecule has 142 valence electrons. The Bertz CT molecular complexity index is 999. The summed E-state index contributed by atoms with van der Waals surface area (Å²) in [5.74, 6) is 0.678. The molecule has 1 amide bonds. The number of aromatic nitrogens is 2.